The van der Waals surface area contributed by atoms with Crippen molar-refractivity contribution in [2.45, 2.75) is 64.2 Å². The summed E-state index contributed by atoms with van der Waals surface area (Å²) in [5.41, 5.74) is 2.35. The van der Waals surface area contributed by atoms with E-state index in [4.69, 9.17) is 0 Å². The predicted molar refractivity (Wildman–Crippen MR) is 93.9 cm³/mol. The van der Waals surface area contributed by atoms with E-state index in [0.717, 1.165) is 11.8 Å². The highest BCUT2D eigenvalue weighted by Crippen LogP contribution is 2.35. The number of sulfonamides is 2. The Hall–Kier alpha value is -0.920. The third kappa shape index (κ3) is 5.02. The second kappa shape index (κ2) is 6.91. The molecule has 0 aromatic heterocycles. The van der Waals surface area contributed by atoms with Crippen LogP contribution in [0, 0.1) is 0 Å². The van der Waals surface area contributed by atoms with E-state index < -0.39 is 20.0 Å². The van der Waals surface area contributed by atoms with Crippen molar-refractivity contribution in [3.63, 3.8) is 0 Å². The molecule has 0 radical (unpaired) electrons. The first kappa shape index (κ1) is 20.1. The summed E-state index contributed by atoms with van der Waals surface area (Å²) < 4.78 is 50.1. The average Bonchev–Trinajstić information content (AvgIpc) is 2.33. The van der Waals surface area contributed by atoms with Crippen LogP contribution in [0.4, 0.5) is 0 Å². The van der Waals surface area contributed by atoms with Crippen LogP contribution in [-0.4, -0.2) is 23.1 Å². The fourth-order valence-electron chi connectivity index (χ4n) is 2.44. The smallest absolute Gasteiger partial charge is 0.212 e. The summed E-state index contributed by atoms with van der Waals surface area (Å²) in [5, 5.41) is 0. The fourth-order valence-corrected chi connectivity index (χ4v) is 5.58. The monoisotopic (exact) mass is 361 g/mol. The summed E-state index contributed by atoms with van der Waals surface area (Å²) in [6.07, 6.45) is 0.844. The zero-order chi connectivity index (χ0) is 18.2. The van der Waals surface area contributed by atoms with Gasteiger partial charge in [-0.15, -0.1) is 4.13 Å². The Bertz CT molecular complexity index is 747. The number of benzene rings is 1. The quantitative estimate of drug-likeness (QED) is 0.843. The fraction of sp³-hybridized carbons (Fsp3) is 0.625. The van der Waals surface area contributed by atoms with Gasteiger partial charge in [0.2, 0.25) is 10.0 Å². The van der Waals surface area contributed by atoms with Gasteiger partial charge in [-0.3, -0.25) is 0 Å². The lowest BCUT2D eigenvalue weighted by Gasteiger charge is -2.22. The van der Waals surface area contributed by atoms with E-state index in [9.17, 15) is 16.8 Å². The van der Waals surface area contributed by atoms with Crippen LogP contribution in [0.5, 0.6) is 0 Å². The molecule has 0 saturated heterocycles. The zero-order valence-corrected chi connectivity index (χ0v) is 16.5. The molecule has 0 saturated carbocycles. The molecule has 1 aromatic carbocycles. The number of hydrogen-bond donors (Lipinski definition) is 1. The minimum Gasteiger partial charge on any atom is -0.212 e. The van der Waals surface area contributed by atoms with Gasteiger partial charge in [0.05, 0.1) is 11.2 Å². The summed E-state index contributed by atoms with van der Waals surface area (Å²) in [5.74, 6) is 0.166. The lowest BCUT2D eigenvalue weighted by molar-refractivity contribution is 0.576. The van der Waals surface area contributed by atoms with E-state index in [2.05, 4.69) is 0 Å². The number of hydrogen-bond acceptors (Lipinski definition) is 4. The number of rotatable bonds is 6. The molecular formula is C16H27NO4S2. The minimum absolute atomic E-state index is 0.0441. The Morgan fingerprint density at radius 3 is 1.43 bits per heavy atom. The van der Waals surface area contributed by atoms with E-state index in [1.807, 2.05) is 53.7 Å². The third-order valence-corrected chi connectivity index (χ3v) is 6.71. The van der Waals surface area contributed by atoms with Crippen molar-refractivity contribution < 1.29 is 16.8 Å². The van der Waals surface area contributed by atoms with Crippen molar-refractivity contribution in [3.05, 3.63) is 28.8 Å². The Labute approximate surface area is 140 Å². The van der Waals surface area contributed by atoms with Crippen LogP contribution in [0.1, 0.15) is 76.0 Å². The molecule has 0 atom stereocenters. The minimum atomic E-state index is -4.15. The van der Waals surface area contributed by atoms with Crippen molar-refractivity contribution in [1.29, 1.82) is 0 Å². The lowest BCUT2D eigenvalue weighted by atomic mass is 9.89. The Morgan fingerprint density at radius 1 is 0.783 bits per heavy atom. The third-order valence-electron chi connectivity index (χ3n) is 3.61. The van der Waals surface area contributed by atoms with Gasteiger partial charge in [0.25, 0.3) is 10.0 Å². The van der Waals surface area contributed by atoms with Gasteiger partial charge in [-0.25, -0.2) is 16.8 Å². The van der Waals surface area contributed by atoms with E-state index in [-0.39, 0.29) is 22.6 Å². The highest BCUT2D eigenvalue weighted by Gasteiger charge is 2.29. The summed E-state index contributed by atoms with van der Waals surface area (Å²) in [7, 11) is -8.03. The topological polar surface area (TPSA) is 80.3 Å². The Morgan fingerprint density at radius 2 is 1.17 bits per heavy atom. The molecular weight excluding hydrogens is 334 g/mol. The van der Waals surface area contributed by atoms with Crippen LogP contribution in [0.15, 0.2) is 17.0 Å². The second-order valence-electron chi connectivity index (χ2n) is 6.85. The van der Waals surface area contributed by atoms with Gasteiger partial charge in [-0.1, -0.05) is 53.7 Å². The van der Waals surface area contributed by atoms with Gasteiger partial charge in [0.15, 0.2) is 0 Å². The largest absolute Gasteiger partial charge is 0.254 e. The van der Waals surface area contributed by atoms with Crippen LogP contribution < -0.4 is 4.13 Å². The molecule has 0 bridgehead atoms. The van der Waals surface area contributed by atoms with E-state index >= 15 is 0 Å². The zero-order valence-electron chi connectivity index (χ0n) is 14.8. The molecule has 0 spiro atoms. The van der Waals surface area contributed by atoms with Gasteiger partial charge >= 0.3 is 0 Å². The summed E-state index contributed by atoms with van der Waals surface area (Å²) in [6.45, 7) is 11.7. The molecule has 1 rings (SSSR count). The van der Waals surface area contributed by atoms with Crippen molar-refractivity contribution in [2.24, 2.45) is 0 Å². The number of nitrogens with one attached hydrogen (secondary N) is 1. The van der Waals surface area contributed by atoms with Crippen molar-refractivity contribution in [1.82, 2.24) is 4.13 Å². The second-order valence-corrected chi connectivity index (χ2v) is 10.5. The van der Waals surface area contributed by atoms with Gasteiger partial charge in [-0.05, 0) is 34.4 Å². The van der Waals surface area contributed by atoms with Crippen LogP contribution >= 0.6 is 0 Å². The van der Waals surface area contributed by atoms with E-state index in [1.165, 1.54) is 0 Å². The molecule has 0 amide bonds. The molecule has 0 fully saturated rings. The first-order valence-electron chi connectivity index (χ1n) is 7.67. The molecule has 0 unspecified atom stereocenters. The summed E-state index contributed by atoms with van der Waals surface area (Å²) in [6, 6.07) is 3.75. The Balaban J connectivity index is 3.82. The molecule has 0 heterocycles. The SMILES string of the molecule is CC(C)c1cc(C(C)C)c(S(=O)(=O)NS(C)(=O)=O)c(C(C)C)c1. The van der Waals surface area contributed by atoms with Crippen molar-refractivity contribution in [3.8, 4) is 0 Å². The first-order chi connectivity index (χ1) is 10.3. The average molecular weight is 362 g/mol. The Kier molecular flexibility index (Phi) is 6.04. The van der Waals surface area contributed by atoms with Crippen LogP contribution in [-0.2, 0) is 20.0 Å². The predicted octanol–water partition coefficient (Wildman–Crippen LogP) is 3.29. The molecule has 5 nitrogen and oxygen atoms in total. The first-order valence-corrected chi connectivity index (χ1v) is 11.0. The summed E-state index contributed by atoms with van der Waals surface area (Å²) in [4.78, 5) is 0.0947. The van der Waals surface area contributed by atoms with Gasteiger partial charge in [-0.2, -0.15) is 0 Å². The van der Waals surface area contributed by atoms with Gasteiger partial charge in [0, 0.05) is 0 Å². The van der Waals surface area contributed by atoms with Gasteiger partial charge in [0.1, 0.15) is 0 Å². The summed E-state index contributed by atoms with van der Waals surface area (Å²) >= 11 is 0. The normalized spacial score (nSPS) is 13.3. The molecule has 1 N–H and O–H groups in total. The highest BCUT2D eigenvalue weighted by atomic mass is 32.3. The van der Waals surface area contributed by atoms with Crippen molar-refractivity contribution >= 4 is 20.0 Å². The standard InChI is InChI=1S/C16H27NO4S2/c1-10(2)13-8-14(11(3)4)16(15(9-13)12(5)6)23(20,21)17-22(7,18)19/h8-12,17H,1-7H3. The maximum atomic E-state index is 12.7. The van der Waals surface area contributed by atoms with Crippen molar-refractivity contribution in [2.75, 3.05) is 6.26 Å². The maximum Gasteiger partial charge on any atom is 0.254 e. The maximum absolute atomic E-state index is 12.7. The van der Waals surface area contributed by atoms with Crippen LogP contribution in [0.2, 0.25) is 0 Å². The van der Waals surface area contributed by atoms with E-state index in [1.54, 1.807) is 4.13 Å². The lowest BCUT2D eigenvalue weighted by Crippen LogP contribution is -2.31. The highest BCUT2D eigenvalue weighted by molar-refractivity contribution is 8.04. The van der Waals surface area contributed by atoms with Gasteiger partial charge < -0.3 is 0 Å². The van der Waals surface area contributed by atoms with Crippen LogP contribution in [0.25, 0.3) is 0 Å². The molecule has 7 heteroatoms. The molecule has 0 aliphatic rings. The van der Waals surface area contributed by atoms with Crippen LogP contribution in [0.3, 0.4) is 0 Å². The molecule has 1 aromatic rings. The molecule has 23 heavy (non-hydrogen) atoms. The molecule has 132 valence electrons. The molecule has 0 aliphatic carbocycles. The molecule has 0 aliphatic heterocycles. The van der Waals surface area contributed by atoms with E-state index in [0.29, 0.717) is 11.1 Å².